The van der Waals surface area contributed by atoms with Gasteiger partial charge in [0.2, 0.25) is 0 Å². The maximum absolute atomic E-state index is 11.7. The maximum atomic E-state index is 11.7. The van der Waals surface area contributed by atoms with Crippen LogP contribution < -0.4 is 0 Å². The molecule has 0 aliphatic heterocycles. The summed E-state index contributed by atoms with van der Waals surface area (Å²) in [5, 5.41) is 21.9. The van der Waals surface area contributed by atoms with Crippen LogP contribution in [0.2, 0.25) is 5.02 Å². The number of hydrogen-bond acceptors (Lipinski definition) is 7. The van der Waals surface area contributed by atoms with E-state index in [1.54, 1.807) is 6.92 Å². The molecular formula is C11H10ClN5O4. The van der Waals surface area contributed by atoms with Crippen molar-refractivity contribution in [3.63, 3.8) is 0 Å². The van der Waals surface area contributed by atoms with Gasteiger partial charge in [0.15, 0.2) is 0 Å². The predicted octanol–water partition coefficient (Wildman–Crippen LogP) is 1.46. The number of nitrogens with zero attached hydrogens (tertiary/aromatic N) is 5. The topological polar surface area (TPSA) is 113 Å². The van der Waals surface area contributed by atoms with Crippen molar-refractivity contribution in [2.75, 3.05) is 6.61 Å². The summed E-state index contributed by atoms with van der Waals surface area (Å²) in [5.41, 5.74) is 0.148. The highest BCUT2D eigenvalue weighted by Gasteiger charge is 2.20. The van der Waals surface area contributed by atoms with E-state index in [4.69, 9.17) is 16.3 Å². The first-order valence-corrected chi connectivity index (χ1v) is 6.26. The van der Waals surface area contributed by atoms with Crippen LogP contribution in [-0.2, 0) is 11.3 Å². The van der Waals surface area contributed by atoms with Crippen LogP contribution in [0, 0.1) is 10.1 Å². The summed E-state index contributed by atoms with van der Waals surface area (Å²) in [5.74, 6) is -0.835. The Labute approximate surface area is 123 Å². The molecule has 0 saturated heterocycles. The highest BCUT2D eigenvalue weighted by atomic mass is 35.5. The van der Waals surface area contributed by atoms with Crippen LogP contribution in [0.15, 0.2) is 18.2 Å². The Morgan fingerprint density at radius 3 is 2.95 bits per heavy atom. The van der Waals surface area contributed by atoms with Gasteiger partial charge in [-0.15, -0.1) is 5.10 Å². The second-order valence-corrected chi connectivity index (χ2v) is 4.35. The van der Waals surface area contributed by atoms with Crippen LogP contribution in [0.5, 0.6) is 0 Å². The van der Waals surface area contributed by atoms with Gasteiger partial charge >= 0.3 is 5.97 Å². The van der Waals surface area contributed by atoms with Gasteiger partial charge in [0.05, 0.1) is 23.6 Å². The summed E-state index contributed by atoms with van der Waals surface area (Å²) >= 11 is 5.84. The predicted molar refractivity (Wildman–Crippen MR) is 71.0 cm³/mol. The van der Waals surface area contributed by atoms with E-state index >= 15 is 0 Å². The molecule has 2 rings (SSSR count). The van der Waals surface area contributed by atoms with Crippen LogP contribution >= 0.6 is 11.6 Å². The number of aromatic nitrogens is 4. The number of esters is 1. The van der Waals surface area contributed by atoms with E-state index in [2.05, 4.69) is 15.5 Å². The molecule has 0 bridgehead atoms. The van der Waals surface area contributed by atoms with Crippen molar-refractivity contribution in [2.45, 2.75) is 13.5 Å². The lowest BCUT2D eigenvalue weighted by Gasteiger charge is -2.05. The van der Waals surface area contributed by atoms with Crippen LogP contribution in [0.3, 0.4) is 0 Å². The molecule has 1 heterocycles. The molecule has 2 aromatic rings. The number of carbonyl (C=O) groups excluding carboxylic acids is 1. The largest absolute Gasteiger partial charge is 0.460 e. The molecule has 0 aliphatic rings. The number of tetrazole rings is 1. The molecule has 0 amide bonds. The number of rotatable bonds is 5. The minimum atomic E-state index is -0.702. The van der Waals surface area contributed by atoms with Crippen molar-refractivity contribution < 1.29 is 14.5 Å². The lowest BCUT2D eigenvalue weighted by atomic mass is 10.2. The molecule has 0 spiro atoms. The molecule has 0 N–H and O–H groups in total. The summed E-state index contributed by atoms with van der Waals surface area (Å²) in [6.45, 7) is 1.74. The Kier molecular flexibility index (Phi) is 4.43. The van der Waals surface area contributed by atoms with E-state index in [9.17, 15) is 14.9 Å². The fourth-order valence-corrected chi connectivity index (χ4v) is 1.87. The zero-order valence-electron chi connectivity index (χ0n) is 10.9. The van der Waals surface area contributed by atoms with Crippen molar-refractivity contribution in [3.05, 3.63) is 44.7 Å². The molecule has 0 aliphatic carbocycles. The molecule has 1 aromatic heterocycles. The quantitative estimate of drug-likeness (QED) is 0.466. The van der Waals surface area contributed by atoms with Gasteiger partial charge in [-0.3, -0.25) is 10.1 Å². The molecule has 0 atom stereocenters. The van der Waals surface area contributed by atoms with E-state index < -0.39 is 10.9 Å². The number of nitro groups is 1. The number of benzene rings is 1. The van der Waals surface area contributed by atoms with E-state index in [1.165, 1.54) is 18.2 Å². The monoisotopic (exact) mass is 311 g/mol. The first kappa shape index (κ1) is 14.9. The first-order valence-electron chi connectivity index (χ1n) is 5.89. The molecule has 9 nitrogen and oxygen atoms in total. The number of hydrogen-bond donors (Lipinski definition) is 0. The Balaban J connectivity index is 2.35. The van der Waals surface area contributed by atoms with Gasteiger partial charge in [-0.2, -0.15) is 0 Å². The zero-order valence-corrected chi connectivity index (χ0v) is 11.6. The Bertz CT molecular complexity index is 687. The third-order valence-corrected chi connectivity index (χ3v) is 2.78. The van der Waals surface area contributed by atoms with Gasteiger partial charge in [0.1, 0.15) is 0 Å². The molecule has 21 heavy (non-hydrogen) atoms. The van der Waals surface area contributed by atoms with Crippen LogP contribution in [-0.4, -0.2) is 37.7 Å². The van der Waals surface area contributed by atoms with Crippen molar-refractivity contribution in [1.29, 1.82) is 0 Å². The van der Waals surface area contributed by atoms with Crippen molar-refractivity contribution >= 4 is 23.3 Å². The lowest BCUT2D eigenvalue weighted by molar-refractivity contribution is -0.385. The minimum absolute atomic E-state index is 0.0714. The van der Waals surface area contributed by atoms with Gasteiger partial charge in [-0.25, -0.2) is 9.48 Å². The van der Waals surface area contributed by atoms with Crippen molar-refractivity contribution in [3.8, 4) is 0 Å². The van der Waals surface area contributed by atoms with E-state index in [0.29, 0.717) is 5.02 Å². The molecule has 110 valence electrons. The van der Waals surface area contributed by atoms with Crippen molar-refractivity contribution in [2.24, 2.45) is 0 Å². The van der Waals surface area contributed by atoms with Gasteiger partial charge in [-0.05, 0) is 29.5 Å². The first-order chi connectivity index (χ1) is 10.0. The van der Waals surface area contributed by atoms with Gasteiger partial charge < -0.3 is 4.74 Å². The van der Waals surface area contributed by atoms with E-state index in [-0.39, 0.29) is 30.2 Å². The average molecular weight is 312 g/mol. The Hall–Kier alpha value is -2.55. The second-order valence-electron chi connectivity index (χ2n) is 3.91. The molecule has 0 radical (unpaired) electrons. The number of nitro benzene ring substituents is 1. The third-order valence-electron chi connectivity index (χ3n) is 2.55. The maximum Gasteiger partial charge on any atom is 0.378 e. The Morgan fingerprint density at radius 2 is 2.29 bits per heavy atom. The fraction of sp³-hybridized carbons (Fsp3) is 0.273. The van der Waals surface area contributed by atoms with Gasteiger partial charge in [0.25, 0.3) is 11.5 Å². The van der Waals surface area contributed by atoms with Gasteiger partial charge in [0, 0.05) is 11.1 Å². The van der Waals surface area contributed by atoms with Crippen molar-refractivity contribution in [1.82, 2.24) is 20.2 Å². The highest BCUT2D eigenvalue weighted by molar-refractivity contribution is 6.30. The standard InChI is InChI=1S/C11H10ClN5O4/c1-2-21-11(18)10-13-14-15-16(10)6-7-5-8(12)3-4-9(7)17(19)20/h3-5H,2,6H2,1H3. The zero-order chi connectivity index (χ0) is 15.4. The smallest absolute Gasteiger partial charge is 0.378 e. The summed E-state index contributed by atoms with van der Waals surface area (Å²) in [6, 6.07) is 4.12. The van der Waals surface area contributed by atoms with Crippen LogP contribution in [0.4, 0.5) is 5.69 Å². The third kappa shape index (κ3) is 3.31. The number of ether oxygens (including phenoxy) is 1. The summed E-state index contributed by atoms with van der Waals surface area (Å²) < 4.78 is 5.93. The molecule has 0 saturated carbocycles. The molecule has 10 heteroatoms. The molecule has 0 fully saturated rings. The Morgan fingerprint density at radius 1 is 1.52 bits per heavy atom. The van der Waals surface area contributed by atoms with Crippen LogP contribution in [0.1, 0.15) is 23.1 Å². The summed E-state index contributed by atoms with van der Waals surface area (Å²) in [4.78, 5) is 22.1. The van der Waals surface area contributed by atoms with E-state index in [0.717, 1.165) is 4.68 Å². The molecule has 0 unspecified atom stereocenters. The number of carbonyl (C=O) groups is 1. The average Bonchev–Trinajstić information content (AvgIpc) is 2.87. The second kappa shape index (κ2) is 6.27. The summed E-state index contributed by atoms with van der Waals surface area (Å²) in [6.07, 6.45) is 0. The van der Waals surface area contributed by atoms with Gasteiger partial charge in [-0.1, -0.05) is 11.6 Å². The summed E-state index contributed by atoms with van der Waals surface area (Å²) in [7, 11) is 0. The van der Waals surface area contributed by atoms with E-state index in [1.807, 2.05) is 0 Å². The molecular weight excluding hydrogens is 302 g/mol. The normalized spacial score (nSPS) is 10.4. The number of halogens is 1. The highest BCUT2D eigenvalue weighted by Crippen LogP contribution is 2.23. The van der Waals surface area contributed by atoms with Crippen LogP contribution in [0.25, 0.3) is 0 Å². The minimum Gasteiger partial charge on any atom is -0.460 e. The lowest BCUT2D eigenvalue weighted by Crippen LogP contribution is -2.15. The SMILES string of the molecule is CCOC(=O)c1nnnn1Cc1cc(Cl)ccc1[N+](=O)[O-]. The fourth-order valence-electron chi connectivity index (χ4n) is 1.67. The molecule has 1 aromatic carbocycles.